The topological polar surface area (TPSA) is 81.4 Å². The van der Waals surface area contributed by atoms with Gasteiger partial charge in [-0.05, 0) is 19.1 Å². The van der Waals surface area contributed by atoms with Gasteiger partial charge in [-0.2, -0.15) is 0 Å². The van der Waals surface area contributed by atoms with E-state index in [0.29, 0.717) is 17.5 Å². The van der Waals surface area contributed by atoms with E-state index in [9.17, 15) is 22.8 Å². The van der Waals surface area contributed by atoms with Gasteiger partial charge in [0.15, 0.2) is 29.8 Å². The van der Waals surface area contributed by atoms with Gasteiger partial charge >= 0.3 is 5.97 Å². The fourth-order valence-corrected chi connectivity index (χ4v) is 2.04. The number of esters is 1. The van der Waals surface area contributed by atoms with Gasteiger partial charge in [-0.15, -0.1) is 0 Å². The van der Waals surface area contributed by atoms with Gasteiger partial charge in [-0.3, -0.25) is 4.79 Å². The summed E-state index contributed by atoms with van der Waals surface area (Å²) in [6.45, 7) is 4.37. The summed E-state index contributed by atoms with van der Waals surface area (Å²) >= 11 is 0. The van der Waals surface area contributed by atoms with Crippen molar-refractivity contribution >= 4 is 17.6 Å². The van der Waals surface area contributed by atoms with Gasteiger partial charge in [0, 0.05) is 5.92 Å². The monoisotopic (exact) mass is 356 g/mol. The van der Waals surface area contributed by atoms with Crippen molar-refractivity contribution < 1.29 is 32.0 Å². The maximum absolute atomic E-state index is 13.5. The maximum atomic E-state index is 13.5. The molecule has 0 bridgehead atoms. The van der Waals surface area contributed by atoms with Crippen LogP contribution in [-0.4, -0.2) is 23.6 Å². The summed E-state index contributed by atoms with van der Waals surface area (Å²) < 4.78 is 49.3. The Morgan fingerprint density at radius 1 is 1.24 bits per heavy atom. The highest BCUT2D eigenvalue weighted by Crippen LogP contribution is 2.23. The van der Waals surface area contributed by atoms with E-state index in [1.807, 2.05) is 5.32 Å². The van der Waals surface area contributed by atoms with Crippen LogP contribution in [-0.2, 0) is 9.53 Å². The number of hydrogen-bond donors (Lipinski definition) is 1. The minimum Gasteiger partial charge on any atom is -0.452 e. The summed E-state index contributed by atoms with van der Waals surface area (Å²) in [5.74, 6) is -6.20. The summed E-state index contributed by atoms with van der Waals surface area (Å²) in [7, 11) is 0. The zero-order chi connectivity index (χ0) is 18.7. The van der Waals surface area contributed by atoms with E-state index in [2.05, 4.69) is 5.16 Å². The summed E-state index contributed by atoms with van der Waals surface area (Å²) in [6.07, 6.45) is 0. The van der Waals surface area contributed by atoms with E-state index in [1.54, 1.807) is 20.8 Å². The molecule has 0 fully saturated rings. The zero-order valence-corrected chi connectivity index (χ0v) is 13.7. The first kappa shape index (κ1) is 18.5. The van der Waals surface area contributed by atoms with Crippen LogP contribution in [0.4, 0.5) is 18.9 Å². The van der Waals surface area contributed by atoms with Crippen molar-refractivity contribution in [3.8, 4) is 0 Å². The van der Waals surface area contributed by atoms with Gasteiger partial charge in [-0.25, -0.2) is 18.0 Å². The second-order valence-electron chi connectivity index (χ2n) is 5.51. The largest absolute Gasteiger partial charge is 0.452 e. The van der Waals surface area contributed by atoms with Gasteiger partial charge in [0.25, 0.3) is 5.91 Å². The third-order valence-corrected chi connectivity index (χ3v) is 3.26. The first-order chi connectivity index (χ1) is 11.7. The number of aryl methyl sites for hydroxylation is 1. The van der Waals surface area contributed by atoms with E-state index in [1.165, 1.54) is 0 Å². The smallest absolute Gasteiger partial charge is 0.344 e. The second kappa shape index (κ2) is 7.37. The van der Waals surface area contributed by atoms with Crippen LogP contribution in [0.15, 0.2) is 16.7 Å². The van der Waals surface area contributed by atoms with Crippen LogP contribution in [0.25, 0.3) is 0 Å². The molecule has 0 radical (unpaired) electrons. The Morgan fingerprint density at radius 2 is 1.92 bits per heavy atom. The molecule has 0 unspecified atom stereocenters. The number of amides is 1. The molecule has 0 saturated heterocycles. The zero-order valence-electron chi connectivity index (χ0n) is 13.7. The lowest BCUT2D eigenvalue weighted by Gasteiger charge is -2.09. The predicted molar refractivity (Wildman–Crippen MR) is 80.6 cm³/mol. The van der Waals surface area contributed by atoms with Crippen LogP contribution in [0.5, 0.6) is 0 Å². The van der Waals surface area contributed by atoms with Crippen molar-refractivity contribution in [3.63, 3.8) is 0 Å². The molecular weight excluding hydrogens is 341 g/mol. The molecule has 9 heteroatoms. The van der Waals surface area contributed by atoms with Crippen molar-refractivity contribution in [2.45, 2.75) is 26.7 Å². The van der Waals surface area contributed by atoms with Crippen molar-refractivity contribution in [1.29, 1.82) is 0 Å². The molecule has 2 aromatic rings. The minimum absolute atomic E-state index is 0.113. The molecule has 0 aliphatic carbocycles. The average molecular weight is 356 g/mol. The molecule has 2 rings (SSSR count). The predicted octanol–water partition coefficient (Wildman–Crippen LogP) is 3.32. The minimum atomic E-state index is -1.71. The third-order valence-electron chi connectivity index (χ3n) is 3.26. The Morgan fingerprint density at radius 3 is 2.56 bits per heavy atom. The highest BCUT2D eigenvalue weighted by atomic mass is 19.2. The number of nitrogens with one attached hydrogen (secondary N) is 1. The van der Waals surface area contributed by atoms with Gasteiger partial charge < -0.3 is 14.6 Å². The van der Waals surface area contributed by atoms with Crippen LogP contribution in [0.2, 0.25) is 0 Å². The van der Waals surface area contributed by atoms with Crippen molar-refractivity contribution in [2.24, 2.45) is 0 Å². The molecular formula is C16H15F3N2O4. The molecule has 0 saturated carbocycles. The third kappa shape index (κ3) is 3.98. The molecule has 1 aromatic heterocycles. The van der Waals surface area contributed by atoms with Crippen LogP contribution < -0.4 is 5.32 Å². The second-order valence-corrected chi connectivity index (χ2v) is 5.51. The molecule has 0 spiro atoms. The van der Waals surface area contributed by atoms with Gasteiger partial charge in [-0.1, -0.05) is 19.0 Å². The fraction of sp³-hybridized carbons (Fsp3) is 0.312. The first-order valence-electron chi connectivity index (χ1n) is 7.29. The quantitative estimate of drug-likeness (QED) is 0.657. The molecule has 1 aromatic carbocycles. The van der Waals surface area contributed by atoms with Crippen LogP contribution in [0.3, 0.4) is 0 Å². The molecule has 1 heterocycles. The van der Waals surface area contributed by atoms with E-state index in [4.69, 9.17) is 9.26 Å². The Kier molecular flexibility index (Phi) is 5.45. The normalized spacial score (nSPS) is 10.8. The van der Waals surface area contributed by atoms with E-state index in [-0.39, 0.29) is 11.5 Å². The number of ether oxygens (including phenoxy) is 1. The summed E-state index contributed by atoms with van der Waals surface area (Å²) in [6, 6.07) is 1.52. The van der Waals surface area contributed by atoms with Gasteiger partial charge in [0.2, 0.25) is 0 Å². The van der Waals surface area contributed by atoms with Crippen molar-refractivity contribution in [2.75, 3.05) is 11.9 Å². The molecule has 25 heavy (non-hydrogen) atoms. The maximum Gasteiger partial charge on any atom is 0.344 e. The number of anilines is 1. The molecule has 1 amide bonds. The number of carbonyl (C=O) groups is 2. The SMILES string of the molecule is Cc1noc(C(C)C)c1C(=O)OCC(=O)Nc1ccc(F)c(F)c1F. The standard InChI is InChI=1S/C16H15F3N2O4/c1-7(2)15-12(8(3)21-25-15)16(23)24-6-11(22)20-10-5-4-9(17)13(18)14(10)19/h4-5,7H,6H2,1-3H3,(H,20,22). The number of carbonyl (C=O) groups excluding carboxylic acids is 2. The van der Waals surface area contributed by atoms with E-state index < -0.39 is 41.6 Å². The molecule has 0 aliphatic rings. The number of aromatic nitrogens is 1. The molecule has 6 nitrogen and oxygen atoms in total. The lowest BCUT2D eigenvalue weighted by atomic mass is 10.1. The highest BCUT2D eigenvalue weighted by molar-refractivity contribution is 5.96. The summed E-state index contributed by atoms with van der Waals surface area (Å²) in [5, 5.41) is 5.67. The number of nitrogens with zero attached hydrogens (tertiary/aromatic N) is 1. The van der Waals surface area contributed by atoms with Crippen LogP contribution in [0, 0.1) is 24.4 Å². The average Bonchev–Trinajstić information content (AvgIpc) is 2.95. The Labute approximate surface area is 140 Å². The summed E-state index contributed by atoms with van der Waals surface area (Å²) in [4.78, 5) is 23.8. The van der Waals surface area contributed by atoms with Crippen molar-refractivity contribution in [1.82, 2.24) is 5.16 Å². The highest BCUT2D eigenvalue weighted by Gasteiger charge is 2.24. The number of hydrogen-bond acceptors (Lipinski definition) is 5. The summed E-state index contributed by atoms with van der Waals surface area (Å²) in [5.41, 5.74) is -0.147. The van der Waals surface area contributed by atoms with E-state index in [0.717, 1.165) is 6.07 Å². The Bertz CT molecular complexity index is 818. The van der Waals surface area contributed by atoms with Crippen LogP contribution >= 0.6 is 0 Å². The van der Waals surface area contributed by atoms with Crippen LogP contribution in [0.1, 0.15) is 41.6 Å². The molecule has 0 aliphatic heterocycles. The first-order valence-corrected chi connectivity index (χ1v) is 7.29. The van der Waals surface area contributed by atoms with Crippen molar-refractivity contribution in [3.05, 3.63) is 46.6 Å². The molecule has 134 valence electrons. The van der Waals surface area contributed by atoms with Gasteiger partial charge in [0.05, 0.1) is 11.4 Å². The molecule has 1 N–H and O–H groups in total. The lowest BCUT2D eigenvalue weighted by molar-refractivity contribution is -0.119. The van der Waals surface area contributed by atoms with Gasteiger partial charge in [0.1, 0.15) is 5.56 Å². The van der Waals surface area contributed by atoms with E-state index >= 15 is 0 Å². The number of benzene rings is 1. The fourth-order valence-electron chi connectivity index (χ4n) is 2.04. The Balaban J connectivity index is 2.02. The molecule has 0 atom stereocenters. The number of rotatable bonds is 5. The number of halogens is 3. The lowest BCUT2D eigenvalue weighted by Crippen LogP contribution is -2.22. The Hall–Kier alpha value is -2.84.